The Morgan fingerprint density at radius 2 is 1.91 bits per heavy atom. The van der Waals surface area contributed by atoms with Crippen LogP contribution in [0.15, 0.2) is 46.9 Å². The Kier molecular flexibility index (Phi) is 4.08. The van der Waals surface area contributed by atoms with Crippen LogP contribution in [0.4, 0.5) is 5.69 Å². The number of thiocarbonyl (C=S) groups is 1. The third-order valence-electron chi connectivity index (χ3n) is 3.22. The molecule has 0 unspecified atom stereocenters. The number of benzene rings is 2. The van der Waals surface area contributed by atoms with Crippen LogP contribution in [0.5, 0.6) is 0 Å². The van der Waals surface area contributed by atoms with Crippen molar-refractivity contribution in [2.24, 2.45) is 0 Å². The van der Waals surface area contributed by atoms with Crippen LogP contribution >= 0.6 is 12.2 Å². The van der Waals surface area contributed by atoms with Gasteiger partial charge in [-0.1, -0.05) is 6.07 Å². The molecule has 6 heteroatoms. The molecule has 0 radical (unpaired) electrons. The predicted molar refractivity (Wildman–Crippen MR) is 94.2 cm³/mol. The molecule has 5 nitrogen and oxygen atoms in total. The Morgan fingerprint density at radius 3 is 2.61 bits per heavy atom. The maximum absolute atomic E-state index is 10.9. The zero-order valence-corrected chi connectivity index (χ0v) is 13.5. The minimum Gasteiger partial charge on any atom is -0.436 e. The second-order valence-electron chi connectivity index (χ2n) is 5.20. The molecule has 3 rings (SSSR count). The molecular formula is C17H15N3O2S. The van der Waals surface area contributed by atoms with Crippen LogP contribution in [0.3, 0.4) is 0 Å². The topological polar surface area (TPSA) is 67.2 Å². The molecule has 3 aromatic rings. The van der Waals surface area contributed by atoms with Gasteiger partial charge in [-0.15, -0.1) is 0 Å². The van der Waals surface area contributed by atoms with E-state index in [-0.39, 0.29) is 11.0 Å². The van der Waals surface area contributed by atoms with Gasteiger partial charge in [0.25, 0.3) is 0 Å². The number of aryl methyl sites for hydroxylation is 1. The highest BCUT2D eigenvalue weighted by Gasteiger charge is 2.08. The molecule has 0 fully saturated rings. The van der Waals surface area contributed by atoms with Gasteiger partial charge < -0.3 is 15.1 Å². The number of carbonyl (C=O) groups excluding carboxylic acids is 1. The number of amides is 1. The van der Waals surface area contributed by atoms with Crippen LogP contribution in [-0.4, -0.2) is 16.0 Å². The summed E-state index contributed by atoms with van der Waals surface area (Å²) in [5, 5.41) is 5.71. The van der Waals surface area contributed by atoms with E-state index in [1.807, 2.05) is 49.4 Å². The van der Waals surface area contributed by atoms with Crippen LogP contribution < -0.4 is 10.6 Å². The summed E-state index contributed by atoms with van der Waals surface area (Å²) in [7, 11) is 0. The van der Waals surface area contributed by atoms with Crippen molar-refractivity contribution in [2.75, 3.05) is 5.32 Å². The molecule has 1 aromatic heterocycles. The molecule has 1 amide bonds. The van der Waals surface area contributed by atoms with Crippen molar-refractivity contribution in [3.63, 3.8) is 0 Å². The molecule has 23 heavy (non-hydrogen) atoms. The second-order valence-corrected chi connectivity index (χ2v) is 5.61. The molecule has 0 saturated heterocycles. The first-order valence-electron chi connectivity index (χ1n) is 7.07. The lowest BCUT2D eigenvalue weighted by Gasteiger charge is -2.07. The van der Waals surface area contributed by atoms with Crippen LogP contribution in [0.1, 0.15) is 12.5 Å². The molecule has 2 N–H and O–H groups in total. The summed E-state index contributed by atoms with van der Waals surface area (Å²) in [6, 6.07) is 13.4. The minimum atomic E-state index is -0.208. The average Bonchev–Trinajstić information content (AvgIpc) is 2.90. The summed E-state index contributed by atoms with van der Waals surface area (Å²) in [4.78, 5) is 15.4. The van der Waals surface area contributed by atoms with Gasteiger partial charge in [0.05, 0.1) is 0 Å². The van der Waals surface area contributed by atoms with E-state index in [1.54, 1.807) is 0 Å². The Morgan fingerprint density at radius 1 is 1.17 bits per heavy atom. The third-order valence-corrected chi connectivity index (χ3v) is 3.43. The van der Waals surface area contributed by atoms with Gasteiger partial charge in [0.15, 0.2) is 10.7 Å². The first kappa shape index (κ1) is 15.2. The fourth-order valence-corrected chi connectivity index (χ4v) is 2.44. The Balaban J connectivity index is 1.80. The van der Waals surface area contributed by atoms with E-state index in [2.05, 4.69) is 15.6 Å². The van der Waals surface area contributed by atoms with Gasteiger partial charge in [0.1, 0.15) is 5.52 Å². The quantitative estimate of drug-likeness (QED) is 0.704. The number of carbonyl (C=O) groups is 1. The highest BCUT2D eigenvalue weighted by molar-refractivity contribution is 7.80. The molecule has 2 aromatic carbocycles. The zero-order chi connectivity index (χ0) is 16.4. The first-order chi connectivity index (χ1) is 11.0. The molecule has 0 spiro atoms. The van der Waals surface area contributed by atoms with Crippen molar-refractivity contribution in [1.29, 1.82) is 0 Å². The summed E-state index contributed by atoms with van der Waals surface area (Å²) in [5.74, 6) is 0.363. The van der Waals surface area contributed by atoms with E-state index >= 15 is 0 Å². The Hall–Kier alpha value is -2.73. The van der Waals surface area contributed by atoms with Crippen molar-refractivity contribution in [3.8, 4) is 11.5 Å². The smallest absolute Gasteiger partial charge is 0.227 e. The number of oxazole rings is 1. The molecule has 0 aliphatic heterocycles. The standard InChI is InChI=1S/C17H15N3O2S/c1-10-3-8-14-15(9-10)22-16(20-14)12-4-6-13(7-5-12)19-17(23)18-11(2)21/h3-9H,1-2H3,(H2,18,19,21,23). The predicted octanol–water partition coefficient (Wildman–Crippen LogP) is 3.64. The third kappa shape index (κ3) is 3.54. The van der Waals surface area contributed by atoms with Crippen LogP contribution in [0.25, 0.3) is 22.6 Å². The number of fused-ring (bicyclic) bond motifs is 1. The largest absolute Gasteiger partial charge is 0.436 e. The number of hydrogen-bond donors (Lipinski definition) is 2. The highest BCUT2D eigenvalue weighted by Crippen LogP contribution is 2.25. The summed E-state index contributed by atoms with van der Waals surface area (Å²) in [6.07, 6.45) is 0. The fraction of sp³-hybridized carbons (Fsp3) is 0.118. The summed E-state index contributed by atoms with van der Waals surface area (Å²) in [5.41, 5.74) is 4.38. The maximum atomic E-state index is 10.9. The van der Waals surface area contributed by atoms with Gasteiger partial charge in [-0.2, -0.15) is 0 Å². The number of nitrogens with zero attached hydrogens (tertiary/aromatic N) is 1. The number of nitrogens with one attached hydrogen (secondary N) is 2. The lowest BCUT2D eigenvalue weighted by Crippen LogP contribution is -2.32. The Labute approximate surface area is 138 Å². The lowest BCUT2D eigenvalue weighted by atomic mass is 10.2. The van der Waals surface area contributed by atoms with Crippen molar-refractivity contribution in [2.45, 2.75) is 13.8 Å². The Bertz CT molecular complexity index is 884. The lowest BCUT2D eigenvalue weighted by molar-refractivity contribution is -0.117. The van der Waals surface area contributed by atoms with E-state index in [0.29, 0.717) is 5.89 Å². The van der Waals surface area contributed by atoms with Gasteiger partial charge in [0, 0.05) is 18.2 Å². The van der Waals surface area contributed by atoms with Gasteiger partial charge in [-0.05, 0) is 61.1 Å². The molecule has 1 heterocycles. The van der Waals surface area contributed by atoms with E-state index < -0.39 is 0 Å². The molecule has 0 aliphatic carbocycles. The number of rotatable bonds is 2. The summed E-state index contributed by atoms with van der Waals surface area (Å²) >= 11 is 5.02. The first-order valence-corrected chi connectivity index (χ1v) is 7.48. The van der Waals surface area contributed by atoms with Crippen LogP contribution in [0.2, 0.25) is 0 Å². The van der Waals surface area contributed by atoms with Gasteiger partial charge in [0.2, 0.25) is 11.8 Å². The van der Waals surface area contributed by atoms with E-state index in [9.17, 15) is 4.79 Å². The van der Waals surface area contributed by atoms with Gasteiger partial charge >= 0.3 is 0 Å². The second kappa shape index (κ2) is 6.18. The van der Waals surface area contributed by atoms with Gasteiger partial charge in [-0.3, -0.25) is 4.79 Å². The molecule has 0 bridgehead atoms. The normalized spacial score (nSPS) is 10.5. The van der Waals surface area contributed by atoms with E-state index in [1.165, 1.54) is 6.92 Å². The summed E-state index contributed by atoms with van der Waals surface area (Å²) in [6.45, 7) is 3.42. The van der Waals surface area contributed by atoms with Crippen LogP contribution in [-0.2, 0) is 4.79 Å². The number of anilines is 1. The zero-order valence-electron chi connectivity index (χ0n) is 12.7. The molecular weight excluding hydrogens is 310 g/mol. The van der Waals surface area contributed by atoms with Crippen molar-refractivity contribution >= 4 is 40.0 Å². The molecule has 0 aliphatic rings. The van der Waals surface area contributed by atoms with Gasteiger partial charge in [-0.25, -0.2) is 4.98 Å². The average molecular weight is 325 g/mol. The van der Waals surface area contributed by atoms with Crippen molar-refractivity contribution < 1.29 is 9.21 Å². The molecule has 0 saturated carbocycles. The SMILES string of the molecule is CC(=O)NC(=S)Nc1ccc(-c2nc3ccc(C)cc3o2)cc1. The number of aromatic nitrogens is 1. The molecule has 0 atom stereocenters. The van der Waals surface area contributed by atoms with Crippen LogP contribution in [0, 0.1) is 6.92 Å². The highest BCUT2D eigenvalue weighted by atomic mass is 32.1. The number of hydrogen-bond acceptors (Lipinski definition) is 4. The van der Waals surface area contributed by atoms with E-state index in [4.69, 9.17) is 16.6 Å². The monoisotopic (exact) mass is 325 g/mol. The summed E-state index contributed by atoms with van der Waals surface area (Å²) < 4.78 is 5.79. The minimum absolute atomic E-state index is 0.208. The molecule has 116 valence electrons. The van der Waals surface area contributed by atoms with Crippen molar-refractivity contribution in [3.05, 3.63) is 48.0 Å². The van der Waals surface area contributed by atoms with Crippen molar-refractivity contribution in [1.82, 2.24) is 10.3 Å². The fourth-order valence-electron chi connectivity index (χ4n) is 2.17. The van der Waals surface area contributed by atoms with E-state index in [0.717, 1.165) is 27.9 Å². The maximum Gasteiger partial charge on any atom is 0.227 e.